The van der Waals surface area contributed by atoms with Crippen molar-refractivity contribution < 1.29 is 40.1 Å². The van der Waals surface area contributed by atoms with Crippen LogP contribution in [0.25, 0.3) is 0 Å². The van der Waals surface area contributed by atoms with E-state index in [1.807, 2.05) is 0 Å². The van der Waals surface area contributed by atoms with Gasteiger partial charge in [-0.1, -0.05) is 0 Å². The van der Waals surface area contributed by atoms with Gasteiger partial charge in [-0.25, -0.2) is 0 Å². The summed E-state index contributed by atoms with van der Waals surface area (Å²) in [5, 5.41) is 1.10. The Morgan fingerprint density at radius 1 is 1.67 bits per heavy atom. The summed E-state index contributed by atoms with van der Waals surface area (Å²) < 4.78 is 0. The molecule has 0 aromatic rings. The second kappa shape index (κ2) is 9.24. The molecule has 0 saturated carbocycles. The van der Waals surface area contributed by atoms with Crippen molar-refractivity contribution >= 4 is 6.29 Å². The molecule has 0 aromatic carbocycles. The molecule has 0 bridgehead atoms. The fourth-order valence-electron chi connectivity index (χ4n) is 0.0833. The van der Waals surface area contributed by atoms with Crippen LogP contribution in [0.2, 0.25) is 5.02 Å². The molecule has 0 aliphatic rings. The third-order valence-electron chi connectivity index (χ3n) is 0.322. The topological polar surface area (TPSA) is 17.1 Å². The Morgan fingerprint density at radius 3 is 2.17 bits per heavy atom. The van der Waals surface area contributed by atoms with E-state index in [1.54, 1.807) is 0 Å². The minimum Gasteiger partial charge on any atom is -1.00 e. The normalized spacial score (nSPS) is 6.33. The van der Waals surface area contributed by atoms with Crippen molar-refractivity contribution in [2.45, 2.75) is 11.4 Å². The molecule has 0 aliphatic carbocycles. The van der Waals surface area contributed by atoms with Gasteiger partial charge < -0.3 is 17.0 Å². The number of hydrogen-bond donors (Lipinski definition) is 0. The zero-order chi connectivity index (χ0) is 4.12. The Bertz CT molecular complexity index is 32.0. The molecule has 3 heteroatoms. The van der Waals surface area contributed by atoms with E-state index >= 15 is 0 Å². The summed E-state index contributed by atoms with van der Waals surface area (Å²) in [6.07, 6.45) is 1.73. The number of halogens is 1. The van der Waals surface area contributed by atoms with E-state index in [0.717, 1.165) is 17.7 Å². The molecule has 32 valence electrons. The van der Waals surface area contributed by atoms with E-state index in [4.69, 9.17) is 0 Å². The molecular weight excluding hydrogens is 197 g/mol. The molecule has 0 N–H and O–H groups in total. The van der Waals surface area contributed by atoms with E-state index in [-0.39, 0.29) is 17.0 Å². The Morgan fingerprint density at radius 2 is 2.17 bits per heavy atom. The quantitative estimate of drug-likeness (QED) is 0.359. The molecule has 0 aliphatic heterocycles. The van der Waals surface area contributed by atoms with Gasteiger partial charge in [-0.3, -0.25) is 0 Å². The van der Waals surface area contributed by atoms with Gasteiger partial charge in [0.25, 0.3) is 0 Å². The van der Waals surface area contributed by atoms with Gasteiger partial charge in [-0.15, -0.1) is 0 Å². The maximum absolute atomic E-state index is 9.42. The van der Waals surface area contributed by atoms with Crippen molar-refractivity contribution in [3.8, 4) is 0 Å². The van der Waals surface area contributed by atoms with Gasteiger partial charge in [0.05, 0.1) is 0 Å². The van der Waals surface area contributed by atoms with Gasteiger partial charge >= 0.3 is 40.8 Å². The second-order valence-electron chi connectivity index (χ2n) is 0.809. The van der Waals surface area contributed by atoms with E-state index in [1.165, 1.54) is 18.3 Å². The van der Waals surface area contributed by atoms with E-state index in [9.17, 15) is 4.79 Å². The first-order chi connectivity index (χ1) is 2.41. The molecule has 0 aromatic heterocycles. The number of aldehydes is 1. The summed E-state index contributed by atoms with van der Waals surface area (Å²) >= 11 is 1.25. The predicted molar refractivity (Wildman–Crippen MR) is 15.5 cm³/mol. The van der Waals surface area contributed by atoms with Crippen molar-refractivity contribution in [3.63, 3.8) is 0 Å². The molecule has 0 fully saturated rings. The van der Waals surface area contributed by atoms with Crippen LogP contribution in [0.4, 0.5) is 0 Å². The first-order valence-corrected chi connectivity index (χ1v) is 3.74. The van der Waals surface area contributed by atoms with Crippen molar-refractivity contribution in [2.24, 2.45) is 0 Å². The van der Waals surface area contributed by atoms with E-state index in [2.05, 4.69) is 0 Å². The van der Waals surface area contributed by atoms with Crippen molar-refractivity contribution in [1.82, 2.24) is 0 Å². The first-order valence-electron chi connectivity index (χ1n) is 1.64. The number of carbonyl (C=O) groups excluding carboxylic acids is 1. The standard InChI is InChI=1S/C3H5O.BrH.Zn/c1-2-3-4;;/h3H,1-2H2;1H;/q;;+1/p-1. The van der Waals surface area contributed by atoms with Crippen LogP contribution in [-0.4, -0.2) is 6.29 Å². The molecule has 0 amide bonds. The smallest absolute Gasteiger partial charge is 1.00 e. The summed E-state index contributed by atoms with van der Waals surface area (Å²) in [6, 6.07) is 0. The summed E-state index contributed by atoms with van der Waals surface area (Å²) in [4.78, 5) is 9.42. The molecule has 0 unspecified atom stereocenters. The van der Waals surface area contributed by atoms with Crippen molar-refractivity contribution in [1.29, 1.82) is 0 Å². The molecule has 1 nitrogen and oxygen atoms in total. The van der Waals surface area contributed by atoms with Crippen LogP contribution in [0.1, 0.15) is 6.42 Å². The average molecular weight is 202 g/mol. The van der Waals surface area contributed by atoms with Crippen molar-refractivity contribution in [2.75, 3.05) is 0 Å². The minimum atomic E-state index is 0. The predicted octanol–water partition coefficient (Wildman–Crippen LogP) is -2.46. The maximum Gasteiger partial charge on any atom is -1.00 e. The second-order valence-corrected chi connectivity index (χ2v) is 2.29. The first kappa shape index (κ1) is 9.91. The Balaban J connectivity index is 0. The van der Waals surface area contributed by atoms with Crippen LogP contribution < -0.4 is 17.0 Å². The number of hydrogen-bond acceptors (Lipinski definition) is 1. The monoisotopic (exact) mass is 200 g/mol. The van der Waals surface area contributed by atoms with Gasteiger partial charge in [-0.05, 0) is 0 Å². The van der Waals surface area contributed by atoms with Gasteiger partial charge in [-0.2, -0.15) is 0 Å². The van der Waals surface area contributed by atoms with Crippen molar-refractivity contribution in [3.05, 3.63) is 0 Å². The molecule has 0 saturated heterocycles. The van der Waals surface area contributed by atoms with Crippen LogP contribution in [-0.2, 0) is 23.1 Å². The van der Waals surface area contributed by atoms with Gasteiger partial charge in [0, 0.05) is 0 Å². The summed E-state index contributed by atoms with van der Waals surface area (Å²) in [5.41, 5.74) is 0. The maximum atomic E-state index is 9.42. The molecule has 0 rings (SSSR count). The molecule has 0 spiro atoms. The van der Waals surface area contributed by atoms with Crippen LogP contribution in [0.3, 0.4) is 0 Å². The van der Waals surface area contributed by atoms with Gasteiger partial charge in [0.2, 0.25) is 0 Å². The van der Waals surface area contributed by atoms with Gasteiger partial charge in [0.15, 0.2) is 0 Å². The molecule has 6 heavy (non-hydrogen) atoms. The third-order valence-corrected chi connectivity index (χ3v) is 1.18. The SMILES string of the molecule is O=CC[CH2][Zn+].[Br-]. The molecule has 0 atom stereocenters. The summed E-state index contributed by atoms with van der Waals surface area (Å²) in [7, 11) is 0. The minimum absolute atomic E-state index is 0. The Labute approximate surface area is 57.9 Å². The molecular formula is C3H5BrOZn. The summed E-state index contributed by atoms with van der Waals surface area (Å²) in [6.45, 7) is 0. The fourth-order valence-corrected chi connectivity index (χ4v) is 0.433. The van der Waals surface area contributed by atoms with E-state index < -0.39 is 0 Å². The Kier molecular flexibility index (Phi) is 15.3. The zero-order valence-electron chi connectivity index (χ0n) is 3.48. The van der Waals surface area contributed by atoms with Crippen LogP contribution in [0, 0.1) is 0 Å². The third kappa shape index (κ3) is 8.84. The molecule has 0 radical (unpaired) electrons. The Hall–Kier alpha value is 0.773. The van der Waals surface area contributed by atoms with Crippen LogP contribution in [0.5, 0.6) is 0 Å². The zero-order valence-corrected chi connectivity index (χ0v) is 8.04. The fraction of sp³-hybridized carbons (Fsp3) is 0.667. The summed E-state index contributed by atoms with van der Waals surface area (Å²) in [5.74, 6) is 0. The molecule has 0 heterocycles. The van der Waals surface area contributed by atoms with Crippen LogP contribution >= 0.6 is 0 Å². The number of rotatable bonds is 2. The van der Waals surface area contributed by atoms with Gasteiger partial charge in [0.1, 0.15) is 0 Å². The van der Waals surface area contributed by atoms with E-state index in [0.29, 0.717) is 0 Å². The number of carbonyl (C=O) groups is 1. The van der Waals surface area contributed by atoms with Crippen LogP contribution in [0.15, 0.2) is 0 Å². The average Bonchev–Trinajstić information content (AvgIpc) is 1.41. The largest absolute Gasteiger partial charge is 1.00 e.